The largest absolute Gasteiger partial charge is 0.467 e. The van der Waals surface area contributed by atoms with Crippen molar-refractivity contribution in [2.75, 3.05) is 26.2 Å². The van der Waals surface area contributed by atoms with Crippen LogP contribution in [-0.2, 0) is 9.53 Å². The second kappa shape index (κ2) is 7.95. The number of hydrogen-bond donors (Lipinski definition) is 3. The van der Waals surface area contributed by atoms with Gasteiger partial charge in [-0.05, 0) is 25.5 Å². The zero-order valence-corrected chi connectivity index (χ0v) is 15.6. The van der Waals surface area contributed by atoms with E-state index in [0.29, 0.717) is 35.4 Å². The van der Waals surface area contributed by atoms with Crippen molar-refractivity contribution in [2.45, 2.75) is 33.2 Å². The van der Waals surface area contributed by atoms with Crippen LogP contribution in [0, 0.1) is 11.8 Å². The quantitative estimate of drug-likeness (QED) is 0.683. The number of rotatable bonds is 5. The molecule has 0 aromatic carbocycles. The Bertz CT molecular complexity index is 673. The fourth-order valence-electron chi connectivity index (χ4n) is 4.19. The third kappa shape index (κ3) is 4.09. The van der Waals surface area contributed by atoms with Crippen LogP contribution in [0.3, 0.4) is 0 Å². The highest BCUT2D eigenvalue weighted by atomic mass is 16.5. The highest BCUT2D eigenvalue weighted by molar-refractivity contribution is 5.95. The summed E-state index contributed by atoms with van der Waals surface area (Å²) < 4.78 is 10.7. The van der Waals surface area contributed by atoms with Crippen LogP contribution in [0.4, 0.5) is 4.79 Å². The SMILES string of the molecule is CCOC(=O)C1=C(C[NH+]2C[C@@H](C)C[C@H](C)C2)NC(=O)N[C@@H]1c1ccco1. The van der Waals surface area contributed by atoms with Crippen LogP contribution in [0.1, 0.15) is 39.0 Å². The molecular weight excluding hydrogens is 334 g/mol. The first kappa shape index (κ1) is 18.5. The van der Waals surface area contributed by atoms with Crippen molar-refractivity contribution in [1.82, 2.24) is 10.6 Å². The van der Waals surface area contributed by atoms with E-state index >= 15 is 0 Å². The molecule has 7 heteroatoms. The molecule has 3 rings (SSSR count). The summed E-state index contributed by atoms with van der Waals surface area (Å²) in [6, 6.07) is 2.54. The molecule has 0 bridgehead atoms. The summed E-state index contributed by atoms with van der Waals surface area (Å²) >= 11 is 0. The smallest absolute Gasteiger partial charge is 0.338 e. The number of piperidine rings is 1. The number of nitrogens with one attached hydrogen (secondary N) is 3. The molecule has 3 N–H and O–H groups in total. The zero-order valence-electron chi connectivity index (χ0n) is 15.6. The molecule has 7 nitrogen and oxygen atoms in total. The topological polar surface area (TPSA) is 85.0 Å². The van der Waals surface area contributed by atoms with Crippen LogP contribution < -0.4 is 15.5 Å². The van der Waals surface area contributed by atoms with E-state index in [2.05, 4.69) is 24.5 Å². The lowest BCUT2D eigenvalue weighted by molar-refractivity contribution is -0.907. The van der Waals surface area contributed by atoms with Crippen molar-refractivity contribution in [3.63, 3.8) is 0 Å². The highest BCUT2D eigenvalue weighted by Gasteiger charge is 2.37. The molecule has 0 radical (unpaired) electrons. The molecular formula is C19H28N3O4+. The molecule has 0 saturated carbocycles. The molecule has 2 amide bonds. The van der Waals surface area contributed by atoms with Gasteiger partial charge in [-0.25, -0.2) is 9.59 Å². The predicted octanol–water partition coefficient (Wildman–Crippen LogP) is 1.01. The molecule has 1 fully saturated rings. The molecule has 0 aliphatic carbocycles. The van der Waals surface area contributed by atoms with Gasteiger partial charge in [0, 0.05) is 11.8 Å². The number of hydrogen-bond acceptors (Lipinski definition) is 4. The standard InChI is InChI=1S/C19H27N3O4/c1-4-25-18(23)16-14(11-22-9-12(2)8-13(3)10-22)20-19(24)21-17(16)15-6-5-7-26-15/h5-7,12-13,17H,4,8-11H2,1-3H3,(H2,20,21,24)/p+1/t12-,13-,17+/m0/s1. The fraction of sp³-hybridized carbons (Fsp3) is 0.579. The highest BCUT2D eigenvalue weighted by Crippen LogP contribution is 2.27. The van der Waals surface area contributed by atoms with E-state index in [1.165, 1.54) is 17.6 Å². The van der Waals surface area contributed by atoms with E-state index in [9.17, 15) is 9.59 Å². The summed E-state index contributed by atoms with van der Waals surface area (Å²) in [6.45, 7) is 9.20. The monoisotopic (exact) mass is 362 g/mol. The van der Waals surface area contributed by atoms with Gasteiger partial charge in [-0.3, -0.25) is 0 Å². The van der Waals surface area contributed by atoms with Gasteiger partial charge in [-0.1, -0.05) is 13.8 Å². The summed E-state index contributed by atoms with van der Waals surface area (Å²) in [5.74, 6) is 1.35. The predicted molar refractivity (Wildman–Crippen MR) is 95.3 cm³/mol. The molecule has 1 aromatic rings. The maximum Gasteiger partial charge on any atom is 0.338 e. The number of amides is 2. The van der Waals surface area contributed by atoms with Crippen LogP contribution in [0.5, 0.6) is 0 Å². The van der Waals surface area contributed by atoms with Crippen LogP contribution >= 0.6 is 0 Å². The first-order valence-electron chi connectivity index (χ1n) is 9.32. The zero-order chi connectivity index (χ0) is 18.7. The van der Waals surface area contributed by atoms with Crippen molar-refractivity contribution >= 4 is 12.0 Å². The normalized spacial score (nSPS) is 29.1. The molecule has 2 aliphatic heterocycles. The summed E-state index contributed by atoms with van der Waals surface area (Å²) in [5, 5.41) is 5.62. The lowest BCUT2D eigenvalue weighted by Gasteiger charge is -2.34. The minimum Gasteiger partial charge on any atom is -0.467 e. The average molecular weight is 362 g/mol. The van der Waals surface area contributed by atoms with E-state index in [4.69, 9.17) is 9.15 Å². The Morgan fingerprint density at radius 2 is 2.08 bits per heavy atom. The third-order valence-electron chi connectivity index (χ3n) is 4.98. The van der Waals surface area contributed by atoms with E-state index in [0.717, 1.165) is 13.1 Å². The maximum atomic E-state index is 12.7. The third-order valence-corrected chi connectivity index (χ3v) is 4.98. The molecule has 3 atom stereocenters. The number of likely N-dealkylation sites (tertiary alicyclic amines) is 1. The number of urea groups is 1. The number of quaternary nitrogens is 1. The molecule has 1 saturated heterocycles. The van der Waals surface area contributed by atoms with E-state index in [1.54, 1.807) is 19.1 Å². The number of furan rings is 1. The van der Waals surface area contributed by atoms with Crippen LogP contribution in [-0.4, -0.2) is 38.2 Å². The fourth-order valence-corrected chi connectivity index (χ4v) is 4.19. The van der Waals surface area contributed by atoms with Gasteiger partial charge in [0.15, 0.2) is 0 Å². The van der Waals surface area contributed by atoms with Gasteiger partial charge in [0.05, 0.1) is 37.2 Å². The first-order valence-corrected chi connectivity index (χ1v) is 9.32. The van der Waals surface area contributed by atoms with Crippen LogP contribution in [0.25, 0.3) is 0 Å². The molecule has 2 aliphatic rings. The van der Waals surface area contributed by atoms with E-state index < -0.39 is 12.0 Å². The molecule has 0 spiro atoms. The number of esters is 1. The van der Waals surface area contributed by atoms with Gasteiger partial charge < -0.3 is 24.7 Å². The van der Waals surface area contributed by atoms with Crippen LogP contribution in [0.2, 0.25) is 0 Å². The average Bonchev–Trinajstić information content (AvgIpc) is 3.07. The van der Waals surface area contributed by atoms with E-state index in [-0.39, 0.29) is 12.6 Å². The lowest BCUT2D eigenvalue weighted by atomic mass is 9.91. The van der Waals surface area contributed by atoms with Gasteiger partial charge in [0.1, 0.15) is 18.3 Å². The number of carbonyl (C=O) groups excluding carboxylic acids is 2. The van der Waals surface area contributed by atoms with Crippen molar-refractivity contribution in [2.24, 2.45) is 11.8 Å². The van der Waals surface area contributed by atoms with Gasteiger partial charge in [0.2, 0.25) is 0 Å². The number of carbonyl (C=O) groups is 2. The van der Waals surface area contributed by atoms with E-state index in [1.807, 2.05) is 0 Å². The molecule has 142 valence electrons. The van der Waals surface area contributed by atoms with Gasteiger partial charge in [-0.2, -0.15) is 0 Å². The Kier molecular flexibility index (Phi) is 5.66. The van der Waals surface area contributed by atoms with Crippen molar-refractivity contribution < 1.29 is 23.6 Å². The summed E-state index contributed by atoms with van der Waals surface area (Å²) in [6.07, 6.45) is 2.75. The lowest BCUT2D eigenvalue weighted by Crippen LogP contribution is -3.14. The van der Waals surface area contributed by atoms with Gasteiger partial charge >= 0.3 is 12.0 Å². The van der Waals surface area contributed by atoms with Crippen LogP contribution in [0.15, 0.2) is 34.1 Å². The Hall–Kier alpha value is -2.28. The summed E-state index contributed by atoms with van der Waals surface area (Å²) in [4.78, 5) is 26.3. The minimum absolute atomic E-state index is 0.277. The summed E-state index contributed by atoms with van der Waals surface area (Å²) in [5.41, 5.74) is 1.06. The molecule has 1 aromatic heterocycles. The number of ether oxygens (including phenoxy) is 1. The Balaban J connectivity index is 1.93. The molecule has 0 unspecified atom stereocenters. The van der Waals surface area contributed by atoms with Gasteiger partial charge in [-0.15, -0.1) is 0 Å². The second-order valence-electron chi connectivity index (χ2n) is 7.44. The minimum atomic E-state index is -0.633. The van der Waals surface area contributed by atoms with Crippen molar-refractivity contribution in [1.29, 1.82) is 0 Å². The maximum absolute atomic E-state index is 12.7. The Morgan fingerprint density at radius 3 is 2.69 bits per heavy atom. The molecule has 3 heterocycles. The Labute approximate surface area is 153 Å². The Morgan fingerprint density at radius 1 is 1.35 bits per heavy atom. The first-order chi connectivity index (χ1) is 12.5. The van der Waals surface area contributed by atoms with Crippen molar-refractivity contribution in [3.05, 3.63) is 35.4 Å². The summed E-state index contributed by atoms with van der Waals surface area (Å²) in [7, 11) is 0. The van der Waals surface area contributed by atoms with Crippen molar-refractivity contribution in [3.8, 4) is 0 Å². The van der Waals surface area contributed by atoms with Gasteiger partial charge in [0.25, 0.3) is 0 Å². The second-order valence-corrected chi connectivity index (χ2v) is 7.44. The molecule has 26 heavy (non-hydrogen) atoms.